The van der Waals surface area contributed by atoms with E-state index in [1.54, 1.807) is 0 Å². The molecule has 0 spiro atoms. The van der Waals surface area contributed by atoms with Crippen LogP contribution in [0.15, 0.2) is 42.9 Å². The molecule has 21 heavy (non-hydrogen) atoms. The maximum Gasteiger partial charge on any atom is 0.128 e. The van der Waals surface area contributed by atoms with E-state index in [0.717, 1.165) is 43.1 Å². The quantitative estimate of drug-likeness (QED) is 0.866. The molecule has 0 unspecified atom stereocenters. The van der Waals surface area contributed by atoms with Gasteiger partial charge in [-0.05, 0) is 43.7 Å². The molecular weight excluding hydrogens is 260 g/mol. The molecule has 3 heterocycles. The van der Waals surface area contributed by atoms with Crippen molar-refractivity contribution in [3.63, 3.8) is 0 Å². The molecule has 4 nitrogen and oxygen atoms in total. The number of pyridine rings is 2. The van der Waals surface area contributed by atoms with E-state index >= 15 is 0 Å². The molecule has 1 saturated heterocycles. The highest BCUT2D eigenvalue weighted by molar-refractivity contribution is 5.63. The zero-order valence-corrected chi connectivity index (χ0v) is 12.7. The summed E-state index contributed by atoms with van der Waals surface area (Å²) in [6, 6.07) is 8.93. The van der Waals surface area contributed by atoms with Crippen molar-refractivity contribution in [2.45, 2.75) is 19.9 Å². The fraction of sp³-hybridized carbons (Fsp3) is 0.412. The third kappa shape index (κ3) is 3.22. The first kappa shape index (κ1) is 14.0. The minimum atomic E-state index is 0.633. The van der Waals surface area contributed by atoms with Crippen molar-refractivity contribution in [1.29, 1.82) is 0 Å². The van der Waals surface area contributed by atoms with Crippen molar-refractivity contribution in [3.05, 3.63) is 42.9 Å². The van der Waals surface area contributed by atoms with Crippen LogP contribution in [-0.4, -0.2) is 47.1 Å². The Bertz CT molecular complexity index is 557. The van der Waals surface area contributed by atoms with E-state index in [1.165, 1.54) is 0 Å². The predicted molar refractivity (Wildman–Crippen MR) is 86.4 cm³/mol. The topological polar surface area (TPSA) is 32.3 Å². The van der Waals surface area contributed by atoms with E-state index in [0.29, 0.717) is 6.04 Å². The first-order valence-corrected chi connectivity index (χ1v) is 7.59. The third-order valence-corrected chi connectivity index (χ3v) is 4.13. The van der Waals surface area contributed by atoms with E-state index in [9.17, 15) is 0 Å². The van der Waals surface area contributed by atoms with Gasteiger partial charge < -0.3 is 4.90 Å². The fourth-order valence-electron chi connectivity index (χ4n) is 2.76. The summed E-state index contributed by atoms with van der Waals surface area (Å²) in [4.78, 5) is 13.6. The van der Waals surface area contributed by atoms with Crippen LogP contribution in [0.25, 0.3) is 11.1 Å². The zero-order chi connectivity index (χ0) is 14.7. The summed E-state index contributed by atoms with van der Waals surface area (Å²) in [7, 11) is 0. The zero-order valence-electron chi connectivity index (χ0n) is 12.7. The second-order valence-electron chi connectivity index (χ2n) is 5.76. The smallest absolute Gasteiger partial charge is 0.128 e. The van der Waals surface area contributed by atoms with Crippen LogP contribution < -0.4 is 4.90 Å². The lowest BCUT2D eigenvalue weighted by molar-refractivity contribution is 0.209. The van der Waals surface area contributed by atoms with Crippen molar-refractivity contribution in [2.75, 3.05) is 31.1 Å². The van der Waals surface area contributed by atoms with Crippen molar-refractivity contribution in [1.82, 2.24) is 14.9 Å². The van der Waals surface area contributed by atoms with Crippen molar-refractivity contribution >= 4 is 5.82 Å². The van der Waals surface area contributed by atoms with Gasteiger partial charge in [0.1, 0.15) is 5.82 Å². The standard InChI is InChI=1S/C17H22N4/c1-14(2)20-9-11-21(12-10-20)17-4-3-16(13-19-17)15-5-7-18-8-6-15/h3-8,13-14H,9-12H2,1-2H3. The molecule has 110 valence electrons. The molecule has 4 heteroatoms. The van der Waals surface area contributed by atoms with E-state index in [4.69, 9.17) is 0 Å². The summed E-state index contributed by atoms with van der Waals surface area (Å²) in [5, 5.41) is 0. The lowest BCUT2D eigenvalue weighted by Gasteiger charge is -2.37. The Balaban J connectivity index is 1.68. The second kappa shape index (κ2) is 6.22. The fourth-order valence-corrected chi connectivity index (χ4v) is 2.76. The van der Waals surface area contributed by atoms with E-state index < -0.39 is 0 Å². The van der Waals surface area contributed by atoms with Crippen LogP contribution in [0.3, 0.4) is 0 Å². The number of anilines is 1. The second-order valence-corrected chi connectivity index (χ2v) is 5.76. The molecular formula is C17H22N4. The largest absolute Gasteiger partial charge is 0.354 e. The maximum atomic E-state index is 4.64. The Morgan fingerprint density at radius 3 is 2.19 bits per heavy atom. The van der Waals surface area contributed by atoms with Crippen molar-refractivity contribution < 1.29 is 0 Å². The predicted octanol–water partition coefficient (Wildman–Crippen LogP) is 2.67. The van der Waals surface area contributed by atoms with Gasteiger partial charge in [0.05, 0.1) is 0 Å². The molecule has 0 saturated carbocycles. The number of nitrogens with zero attached hydrogens (tertiary/aromatic N) is 4. The van der Waals surface area contributed by atoms with Gasteiger partial charge in [-0.25, -0.2) is 4.98 Å². The average molecular weight is 282 g/mol. The Kier molecular flexibility index (Phi) is 4.15. The maximum absolute atomic E-state index is 4.64. The van der Waals surface area contributed by atoms with Crippen LogP contribution in [0, 0.1) is 0 Å². The van der Waals surface area contributed by atoms with Crippen LogP contribution in [0.1, 0.15) is 13.8 Å². The summed E-state index contributed by atoms with van der Waals surface area (Å²) in [5.41, 5.74) is 2.30. The number of piperazine rings is 1. The van der Waals surface area contributed by atoms with Crippen LogP contribution in [-0.2, 0) is 0 Å². The SMILES string of the molecule is CC(C)N1CCN(c2ccc(-c3ccncc3)cn2)CC1. The lowest BCUT2D eigenvalue weighted by Crippen LogP contribution is -2.49. The van der Waals surface area contributed by atoms with Gasteiger partial charge in [-0.15, -0.1) is 0 Å². The average Bonchev–Trinajstić information content (AvgIpc) is 2.56. The summed E-state index contributed by atoms with van der Waals surface area (Å²) >= 11 is 0. The summed E-state index contributed by atoms with van der Waals surface area (Å²) in [6.07, 6.45) is 5.59. The third-order valence-electron chi connectivity index (χ3n) is 4.13. The number of hydrogen-bond donors (Lipinski definition) is 0. The van der Waals surface area contributed by atoms with Crippen LogP contribution in [0.2, 0.25) is 0 Å². The molecule has 0 N–H and O–H groups in total. The molecule has 0 bridgehead atoms. The van der Waals surface area contributed by atoms with Gasteiger partial charge in [0.25, 0.3) is 0 Å². The molecule has 0 radical (unpaired) electrons. The van der Waals surface area contributed by atoms with E-state index in [1.807, 2.05) is 30.7 Å². The van der Waals surface area contributed by atoms with Gasteiger partial charge in [-0.2, -0.15) is 0 Å². The first-order chi connectivity index (χ1) is 10.2. The van der Waals surface area contributed by atoms with Crippen molar-refractivity contribution in [3.8, 4) is 11.1 Å². The molecule has 3 rings (SSSR count). The van der Waals surface area contributed by atoms with Crippen LogP contribution in [0.4, 0.5) is 5.82 Å². The van der Waals surface area contributed by atoms with Gasteiger partial charge in [0.15, 0.2) is 0 Å². The van der Waals surface area contributed by atoms with E-state index in [-0.39, 0.29) is 0 Å². The minimum absolute atomic E-state index is 0.633. The van der Waals surface area contributed by atoms with Gasteiger partial charge >= 0.3 is 0 Å². The van der Waals surface area contributed by atoms with E-state index in [2.05, 4.69) is 45.7 Å². The highest BCUT2D eigenvalue weighted by Crippen LogP contribution is 2.21. The Hall–Kier alpha value is -1.94. The minimum Gasteiger partial charge on any atom is -0.354 e. The van der Waals surface area contributed by atoms with Gasteiger partial charge in [-0.1, -0.05) is 0 Å². The summed E-state index contributed by atoms with van der Waals surface area (Å²) in [5.74, 6) is 1.08. The summed E-state index contributed by atoms with van der Waals surface area (Å²) < 4.78 is 0. The Labute approximate surface area is 126 Å². The molecule has 0 aliphatic carbocycles. The van der Waals surface area contributed by atoms with Gasteiger partial charge in [-0.3, -0.25) is 9.88 Å². The normalized spacial score (nSPS) is 16.4. The molecule has 2 aromatic heterocycles. The van der Waals surface area contributed by atoms with Crippen LogP contribution in [0.5, 0.6) is 0 Å². The van der Waals surface area contributed by atoms with Crippen molar-refractivity contribution in [2.24, 2.45) is 0 Å². The molecule has 1 aliphatic rings. The molecule has 0 atom stereocenters. The first-order valence-electron chi connectivity index (χ1n) is 7.59. The molecule has 1 fully saturated rings. The van der Waals surface area contributed by atoms with Gasteiger partial charge in [0.2, 0.25) is 0 Å². The molecule has 0 aromatic carbocycles. The number of aromatic nitrogens is 2. The summed E-state index contributed by atoms with van der Waals surface area (Å²) in [6.45, 7) is 8.87. The number of rotatable bonds is 3. The Morgan fingerprint density at radius 1 is 0.905 bits per heavy atom. The number of hydrogen-bond acceptors (Lipinski definition) is 4. The Morgan fingerprint density at radius 2 is 1.62 bits per heavy atom. The lowest BCUT2D eigenvalue weighted by atomic mass is 10.1. The van der Waals surface area contributed by atoms with Crippen LogP contribution >= 0.6 is 0 Å². The molecule has 1 aliphatic heterocycles. The monoisotopic (exact) mass is 282 g/mol. The van der Waals surface area contributed by atoms with Gasteiger partial charge in [0, 0.05) is 56.4 Å². The molecule has 0 amide bonds. The highest BCUT2D eigenvalue weighted by Gasteiger charge is 2.19. The molecule has 2 aromatic rings. The highest BCUT2D eigenvalue weighted by atomic mass is 15.3.